The number of fused-ring (bicyclic) bond motifs is 10. The van der Waals surface area contributed by atoms with E-state index >= 15 is 0 Å². The Labute approximate surface area is 344 Å². The highest BCUT2D eigenvalue weighted by Crippen LogP contribution is 2.43. The van der Waals surface area contributed by atoms with E-state index in [4.69, 9.17) is 28.8 Å². The van der Waals surface area contributed by atoms with Crippen LogP contribution < -0.4 is 0 Å². The summed E-state index contributed by atoms with van der Waals surface area (Å²) in [5.41, 5.74) is 0.958. The first-order valence-electron chi connectivity index (χ1n) is 21.7. The van der Waals surface area contributed by atoms with Gasteiger partial charge < -0.3 is 44.1 Å². The Kier molecular flexibility index (Phi) is 16.0. The number of carbonyl (C=O) groups is 2. The molecule has 0 aromatic heterocycles. The number of unbranched alkanes of at least 4 members (excludes halogenated alkanes) is 1. The van der Waals surface area contributed by atoms with Crippen molar-refractivity contribution >= 4 is 11.9 Å². The third-order valence-corrected chi connectivity index (χ3v) is 12.9. The first-order chi connectivity index (χ1) is 27.9. The first kappa shape index (κ1) is 44.4. The summed E-state index contributed by atoms with van der Waals surface area (Å²) in [6.45, 7) is 8.19. The van der Waals surface area contributed by atoms with Crippen LogP contribution in [0, 0.1) is 29.6 Å². The smallest absolute Gasteiger partial charge is 0.314 e. The molecule has 17 atom stereocenters. The Hall–Kier alpha value is -3.16. The lowest BCUT2D eigenvalue weighted by Crippen LogP contribution is -2.50. The molecule has 0 aromatic carbocycles. The molecule has 11 nitrogen and oxygen atoms in total. The van der Waals surface area contributed by atoms with Crippen LogP contribution in [0.25, 0.3) is 0 Å². The maximum absolute atomic E-state index is 14.2. The highest BCUT2D eigenvalue weighted by Gasteiger charge is 2.51. The number of rotatable bonds is 7. The molecule has 7 aliphatic rings. The van der Waals surface area contributed by atoms with E-state index in [-0.39, 0.29) is 79.1 Å². The monoisotopic (exact) mass is 806 g/mol. The number of hydrogen-bond acceptors (Lipinski definition) is 10. The predicted molar refractivity (Wildman–Crippen MR) is 219 cm³/mol. The van der Waals surface area contributed by atoms with E-state index < -0.39 is 48.5 Å². The van der Waals surface area contributed by atoms with Crippen LogP contribution in [0.5, 0.6) is 0 Å². The fourth-order valence-electron chi connectivity index (χ4n) is 9.33. The highest BCUT2D eigenvalue weighted by molar-refractivity contribution is 5.76. The number of aliphatic carboxylic acids is 1. The molecule has 0 radical (unpaired) electrons. The number of carbonyl (C=O) groups excluding carboxylic acids is 1. The molecule has 0 amide bonds. The van der Waals surface area contributed by atoms with Crippen LogP contribution in [-0.2, 0) is 33.3 Å². The molecular weight excluding hydrogens is 741 g/mol. The van der Waals surface area contributed by atoms with Gasteiger partial charge in [-0.1, -0.05) is 100 Å². The van der Waals surface area contributed by atoms with Crippen molar-refractivity contribution in [2.45, 2.75) is 165 Å². The lowest BCUT2D eigenvalue weighted by atomic mass is 9.81. The number of esters is 1. The molecular formula is C47H66O11. The van der Waals surface area contributed by atoms with Gasteiger partial charge in [0.15, 0.2) is 0 Å². The molecule has 17 unspecified atom stereocenters. The first-order valence-corrected chi connectivity index (χ1v) is 21.7. The van der Waals surface area contributed by atoms with E-state index in [0.29, 0.717) is 25.7 Å². The van der Waals surface area contributed by atoms with Crippen molar-refractivity contribution in [2.24, 2.45) is 29.6 Å². The van der Waals surface area contributed by atoms with Crippen LogP contribution in [0.2, 0.25) is 0 Å². The second-order valence-electron chi connectivity index (χ2n) is 17.4. The second kappa shape index (κ2) is 20.9. The standard InChI is InChI=1S/C47H66O11/c1-28(15-10-13-22-43(50)51)25-29(2)45-39-24-23-32(54-45)16-8-6-5-7-9-19-35(48)44(52)41-26-36(49)30(3)37(55-41)20-14-21-38-31(4)40-27-42(56-38)46(57-40)33-17-11-12-18-34(33)47(53)58-39/h6,8-9,11-12,14,17-19,21,23-25,28,30-42,44-46,48-49,52H,5,7,10,13,15-16,20,22,26-27H2,1-4H3,(H,50,51)/b8-6+,19-9?,21-14?,29-25-. The van der Waals surface area contributed by atoms with Gasteiger partial charge in [-0.15, -0.1) is 0 Å². The number of carboxylic acids is 1. The largest absolute Gasteiger partial charge is 0.481 e. The van der Waals surface area contributed by atoms with Gasteiger partial charge >= 0.3 is 11.9 Å². The molecule has 7 bridgehead atoms. The zero-order chi connectivity index (χ0) is 41.3. The van der Waals surface area contributed by atoms with Gasteiger partial charge in [-0.05, 0) is 63.0 Å². The van der Waals surface area contributed by atoms with Gasteiger partial charge in [0.2, 0.25) is 0 Å². The van der Waals surface area contributed by atoms with Gasteiger partial charge in [-0.2, -0.15) is 0 Å². The Bertz CT molecular complexity index is 1590. The zero-order valence-corrected chi connectivity index (χ0v) is 34.5. The number of ether oxygens (including phenoxy) is 5. The molecule has 3 saturated heterocycles. The summed E-state index contributed by atoms with van der Waals surface area (Å²) < 4.78 is 32.7. The molecule has 4 N–H and O–H groups in total. The number of allylic oxidation sites excluding steroid dienone is 5. The summed E-state index contributed by atoms with van der Waals surface area (Å²) in [7, 11) is 0. The van der Waals surface area contributed by atoms with E-state index in [1.165, 1.54) is 0 Å². The summed E-state index contributed by atoms with van der Waals surface area (Å²) in [6, 6.07) is 0. The third kappa shape index (κ3) is 11.4. The van der Waals surface area contributed by atoms with Crippen molar-refractivity contribution in [1.82, 2.24) is 0 Å². The average Bonchev–Trinajstić information content (AvgIpc) is 3.57. The van der Waals surface area contributed by atoms with Gasteiger partial charge in [0, 0.05) is 37.0 Å². The van der Waals surface area contributed by atoms with E-state index in [2.05, 4.69) is 38.2 Å². The van der Waals surface area contributed by atoms with Crippen LogP contribution in [0.4, 0.5) is 0 Å². The normalized spacial score (nSPS) is 42.1. The molecule has 6 aliphatic heterocycles. The van der Waals surface area contributed by atoms with Crippen LogP contribution >= 0.6 is 0 Å². The van der Waals surface area contributed by atoms with Crippen molar-refractivity contribution in [3.63, 3.8) is 0 Å². The number of aliphatic hydroxyl groups is 3. The summed E-state index contributed by atoms with van der Waals surface area (Å²) in [4.78, 5) is 25.2. The molecule has 0 saturated carbocycles. The van der Waals surface area contributed by atoms with Gasteiger partial charge in [-0.25, -0.2) is 0 Å². The van der Waals surface area contributed by atoms with Crippen molar-refractivity contribution in [3.8, 4) is 0 Å². The van der Waals surface area contributed by atoms with Crippen molar-refractivity contribution < 1.29 is 53.7 Å². The number of hydrogen-bond donors (Lipinski definition) is 4. The lowest BCUT2D eigenvalue weighted by Gasteiger charge is -2.40. The zero-order valence-electron chi connectivity index (χ0n) is 34.5. The van der Waals surface area contributed by atoms with E-state index in [9.17, 15) is 24.9 Å². The predicted octanol–water partition coefficient (Wildman–Crippen LogP) is 6.49. The van der Waals surface area contributed by atoms with Crippen molar-refractivity contribution in [2.75, 3.05) is 0 Å². The Morgan fingerprint density at radius 2 is 1.59 bits per heavy atom. The molecule has 320 valence electrons. The second-order valence-corrected chi connectivity index (χ2v) is 17.4. The minimum absolute atomic E-state index is 0.0501. The topological polar surface area (TPSA) is 161 Å². The molecule has 0 aromatic rings. The molecule has 1 aliphatic carbocycles. The van der Waals surface area contributed by atoms with E-state index in [0.717, 1.165) is 31.3 Å². The van der Waals surface area contributed by atoms with Crippen molar-refractivity contribution in [3.05, 3.63) is 84.6 Å². The Morgan fingerprint density at radius 3 is 2.40 bits per heavy atom. The van der Waals surface area contributed by atoms with Gasteiger partial charge in [0.1, 0.15) is 24.4 Å². The van der Waals surface area contributed by atoms with Crippen LogP contribution in [-0.4, -0.2) is 106 Å². The van der Waals surface area contributed by atoms with E-state index in [1.54, 1.807) is 6.08 Å². The Balaban J connectivity index is 1.22. The number of carboxylic acid groups (broad SMARTS) is 1. The van der Waals surface area contributed by atoms with Crippen LogP contribution in [0.15, 0.2) is 84.6 Å². The van der Waals surface area contributed by atoms with Gasteiger partial charge in [0.25, 0.3) is 0 Å². The molecule has 58 heavy (non-hydrogen) atoms. The molecule has 7 rings (SSSR count). The quantitative estimate of drug-likeness (QED) is 0.127. The highest BCUT2D eigenvalue weighted by atomic mass is 16.6. The van der Waals surface area contributed by atoms with Crippen molar-refractivity contribution in [1.29, 1.82) is 0 Å². The summed E-state index contributed by atoms with van der Waals surface area (Å²) in [6.07, 6.45) is 25.1. The van der Waals surface area contributed by atoms with Gasteiger partial charge in [-0.3, -0.25) is 9.59 Å². The summed E-state index contributed by atoms with van der Waals surface area (Å²) in [5, 5.41) is 41.9. The average molecular weight is 807 g/mol. The molecule has 3 fully saturated rings. The summed E-state index contributed by atoms with van der Waals surface area (Å²) >= 11 is 0. The minimum Gasteiger partial charge on any atom is -0.481 e. The lowest BCUT2D eigenvalue weighted by molar-refractivity contribution is -0.175. The maximum atomic E-state index is 14.2. The molecule has 0 spiro atoms. The maximum Gasteiger partial charge on any atom is 0.314 e. The minimum atomic E-state index is -1.18. The Morgan fingerprint density at radius 1 is 0.793 bits per heavy atom. The SMILES string of the molecule is C/C(=C/C(C)CCCCC(=O)O)C1OC2C=CC1OC(=O)C1C=CC=CC1C1OC3CC1OC(C=CCC1OC(CC(O)C1C)C(O)C(O)C=CCC/C=C/C2)C3C. The molecule has 6 heterocycles. The van der Waals surface area contributed by atoms with Gasteiger partial charge in [0.05, 0.1) is 54.7 Å². The fourth-order valence-corrected chi connectivity index (χ4v) is 9.33. The fraction of sp³-hybridized carbons (Fsp3) is 0.660. The summed E-state index contributed by atoms with van der Waals surface area (Å²) in [5.74, 6) is -1.91. The van der Waals surface area contributed by atoms with Crippen LogP contribution in [0.1, 0.15) is 91.9 Å². The van der Waals surface area contributed by atoms with E-state index in [1.807, 2.05) is 62.5 Å². The molecule has 11 heteroatoms. The third-order valence-electron chi connectivity index (χ3n) is 12.9. The van der Waals surface area contributed by atoms with Crippen LogP contribution in [0.3, 0.4) is 0 Å². The number of aliphatic hydroxyl groups excluding tert-OH is 3.